The van der Waals surface area contributed by atoms with Gasteiger partial charge in [-0.1, -0.05) is 12.1 Å². The second kappa shape index (κ2) is 9.14. The van der Waals surface area contributed by atoms with Crippen molar-refractivity contribution in [2.75, 3.05) is 31.6 Å². The molecule has 2 N–H and O–H groups in total. The Morgan fingerprint density at radius 2 is 1.54 bits per heavy atom. The van der Waals surface area contributed by atoms with E-state index in [9.17, 15) is 14.4 Å². The molecule has 0 atom stereocenters. The highest BCUT2D eigenvalue weighted by molar-refractivity contribution is 5.96. The van der Waals surface area contributed by atoms with Crippen LogP contribution in [0.15, 0.2) is 48.5 Å². The number of carbonyl (C=O) groups excluding carboxylic acids is 2. The summed E-state index contributed by atoms with van der Waals surface area (Å²) in [5.74, 6) is -1.15. The third kappa shape index (κ3) is 5.17. The van der Waals surface area contributed by atoms with Crippen LogP contribution in [0.25, 0.3) is 0 Å². The number of morpholine rings is 1. The molecule has 1 fully saturated rings. The molecular formula is C21H22N2O5. The van der Waals surface area contributed by atoms with E-state index in [1.165, 1.54) is 12.1 Å². The molecule has 146 valence electrons. The van der Waals surface area contributed by atoms with Gasteiger partial charge in [-0.15, -0.1) is 0 Å². The number of amides is 2. The summed E-state index contributed by atoms with van der Waals surface area (Å²) in [5.41, 5.74) is 2.33. The van der Waals surface area contributed by atoms with E-state index in [0.717, 1.165) is 5.56 Å². The van der Waals surface area contributed by atoms with Gasteiger partial charge in [0.25, 0.3) is 5.91 Å². The maximum absolute atomic E-state index is 12.4. The number of rotatable bonds is 6. The van der Waals surface area contributed by atoms with Crippen molar-refractivity contribution in [3.05, 3.63) is 65.2 Å². The molecule has 0 bridgehead atoms. The number of carboxylic acid groups (broad SMARTS) is 1. The second-order valence-electron chi connectivity index (χ2n) is 6.53. The Balaban J connectivity index is 1.49. The van der Waals surface area contributed by atoms with Gasteiger partial charge in [-0.3, -0.25) is 9.59 Å². The van der Waals surface area contributed by atoms with Crippen LogP contribution in [0.4, 0.5) is 5.69 Å². The topological polar surface area (TPSA) is 95.9 Å². The maximum Gasteiger partial charge on any atom is 0.335 e. The first kappa shape index (κ1) is 19.6. The van der Waals surface area contributed by atoms with Gasteiger partial charge in [-0.05, 0) is 48.4 Å². The molecule has 28 heavy (non-hydrogen) atoms. The van der Waals surface area contributed by atoms with Gasteiger partial charge in [0.1, 0.15) is 0 Å². The summed E-state index contributed by atoms with van der Waals surface area (Å²) in [6.07, 6.45) is 0.792. The van der Waals surface area contributed by atoms with E-state index in [2.05, 4.69) is 5.32 Å². The van der Waals surface area contributed by atoms with Crippen LogP contribution in [0, 0.1) is 0 Å². The van der Waals surface area contributed by atoms with E-state index >= 15 is 0 Å². The van der Waals surface area contributed by atoms with Crippen molar-refractivity contribution in [1.82, 2.24) is 4.90 Å². The standard InChI is InChI=1S/C21H22N2O5/c24-19(10-3-15-1-4-17(5-2-15)21(26)27)22-18-8-6-16(7-9-18)20(25)23-11-13-28-14-12-23/h1-2,4-9H,3,10-14H2,(H,22,24)(H,26,27). The average molecular weight is 382 g/mol. The van der Waals surface area contributed by atoms with Crippen LogP contribution in [0.3, 0.4) is 0 Å². The van der Waals surface area contributed by atoms with E-state index in [1.54, 1.807) is 41.3 Å². The van der Waals surface area contributed by atoms with Crippen LogP contribution < -0.4 is 5.32 Å². The molecule has 1 saturated heterocycles. The fourth-order valence-corrected chi connectivity index (χ4v) is 2.94. The normalized spacial score (nSPS) is 13.8. The van der Waals surface area contributed by atoms with Crippen molar-refractivity contribution < 1.29 is 24.2 Å². The predicted molar refractivity (Wildman–Crippen MR) is 104 cm³/mol. The van der Waals surface area contributed by atoms with Crippen molar-refractivity contribution in [2.24, 2.45) is 0 Å². The Labute approximate surface area is 162 Å². The van der Waals surface area contributed by atoms with E-state index in [1.807, 2.05) is 0 Å². The average Bonchev–Trinajstić information content (AvgIpc) is 2.73. The quantitative estimate of drug-likeness (QED) is 0.800. The number of benzene rings is 2. The van der Waals surface area contributed by atoms with Crippen molar-refractivity contribution in [3.8, 4) is 0 Å². The maximum atomic E-state index is 12.4. The summed E-state index contributed by atoms with van der Waals surface area (Å²) in [7, 11) is 0. The first-order valence-electron chi connectivity index (χ1n) is 9.12. The number of aromatic carboxylic acids is 1. The predicted octanol–water partition coefficient (Wildman–Crippen LogP) is 2.43. The molecule has 1 aliphatic heterocycles. The molecule has 0 aliphatic carbocycles. The summed E-state index contributed by atoms with van der Waals surface area (Å²) in [6.45, 7) is 2.29. The van der Waals surface area contributed by atoms with E-state index in [0.29, 0.717) is 44.0 Å². The van der Waals surface area contributed by atoms with Crippen molar-refractivity contribution in [3.63, 3.8) is 0 Å². The van der Waals surface area contributed by atoms with Gasteiger partial charge in [-0.25, -0.2) is 4.79 Å². The monoisotopic (exact) mass is 382 g/mol. The Morgan fingerprint density at radius 1 is 0.929 bits per heavy atom. The highest BCUT2D eigenvalue weighted by atomic mass is 16.5. The largest absolute Gasteiger partial charge is 0.478 e. The van der Waals surface area contributed by atoms with Crippen molar-refractivity contribution in [2.45, 2.75) is 12.8 Å². The van der Waals surface area contributed by atoms with Crippen LogP contribution in [-0.2, 0) is 16.0 Å². The number of ether oxygens (including phenoxy) is 1. The highest BCUT2D eigenvalue weighted by Crippen LogP contribution is 2.14. The minimum atomic E-state index is -0.972. The van der Waals surface area contributed by atoms with Gasteiger partial charge in [0.05, 0.1) is 18.8 Å². The van der Waals surface area contributed by atoms with Gasteiger partial charge in [0, 0.05) is 30.8 Å². The zero-order chi connectivity index (χ0) is 19.9. The van der Waals surface area contributed by atoms with E-state index < -0.39 is 5.97 Å². The lowest BCUT2D eigenvalue weighted by molar-refractivity contribution is -0.116. The number of aryl methyl sites for hydroxylation is 1. The highest BCUT2D eigenvalue weighted by Gasteiger charge is 2.18. The SMILES string of the molecule is O=C(CCc1ccc(C(=O)O)cc1)Nc1ccc(C(=O)N2CCOCC2)cc1. The molecule has 2 amide bonds. The van der Waals surface area contributed by atoms with Gasteiger partial charge in [0.15, 0.2) is 0 Å². The third-order valence-corrected chi connectivity index (χ3v) is 4.56. The lowest BCUT2D eigenvalue weighted by Crippen LogP contribution is -2.40. The number of carbonyl (C=O) groups is 3. The molecular weight excluding hydrogens is 360 g/mol. The molecule has 2 aromatic carbocycles. The first-order chi connectivity index (χ1) is 13.5. The van der Waals surface area contributed by atoms with Crippen LogP contribution in [0.1, 0.15) is 32.7 Å². The molecule has 2 aromatic rings. The van der Waals surface area contributed by atoms with Crippen molar-refractivity contribution in [1.29, 1.82) is 0 Å². The van der Waals surface area contributed by atoms with E-state index in [-0.39, 0.29) is 23.8 Å². The smallest absolute Gasteiger partial charge is 0.335 e. The first-order valence-corrected chi connectivity index (χ1v) is 9.12. The van der Waals surface area contributed by atoms with Crippen LogP contribution in [0.2, 0.25) is 0 Å². The number of nitrogens with zero attached hydrogens (tertiary/aromatic N) is 1. The number of carboxylic acids is 1. The zero-order valence-corrected chi connectivity index (χ0v) is 15.4. The summed E-state index contributed by atoms with van der Waals surface area (Å²) in [4.78, 5) is 37.1. The molecule has 0 aromatic heterocycles. The fourth-order valence-electron chi connectivity index (χ4n) is 2.94. The summed E-state index contributed by atoms with van der Waals surface area (Å²) < 4.78 is 5.25. The third-order valence-electron chi connectivity index (χ3n) is 4.56. The number of nitrogens with one attached hydrogen (secondary N) is 1. The van der Waals surface area contributed by atoms with Gasteiger partial charge in [-0.2, -0.15) is 0 Å². The Hall–Kier alpha value is -3.19. The summed E-state index contributed by atoms with van der Waals surface area (Å²) in [5, 5.41) is 11.7. The Kier molecular flexibility index (Phi) is 6.39. The van der Waals surface area contributed by atoms with Crippen LogP contribution in [-0.4, -0.2) is 54.1 Å². The van der Waals surface area contributed by atoms with Crippen molar-refractivity contribution >= 4 is 23.5 Å². The molecule has 7 heteroatoms. The molecule has 0 unspecified atom stereocenters. The zero-order valence-electron chi connectivity index (χ0n) is 15.4. The molecule has 0 radical (unpaired) electrons. The van der Waals surface area contributed by atoms with Gasteiger partial charge >= 0.3 is 5.97 Å². The number of hydrogen-bond acceptors (Lipinski definition) is 4. The number of hydrogen-bond donors (Lipinski definition) is 2. The lowest BCUT2D eigenvalue weighted by atomic mass is 10.1. The minimum absolute atomic E-state index is 0.0361. The van der Waals surface area contributed by atoms with Gasteiger partial charge in [0.2, 0.25) is 5.91 Å². The summed E-state index contributed by atoms with van der Waals surface area (Å²) in [6, 6.07) is 13.3. The Bertz CT molecular complexity index is 840. The lowest BCUT2D eigenvalue weighted by Gasteiger charge is -2.26. The summed E-state index contributed by atoms with van der Waals surface area (Å²) >= 11 is 0. The molecule has 0 saturated carbocycles. The molecule has 3 rings (SSSR count). The van der Waals surface area contributed by atoms with Crippen LogP contribution in [0.5, 0.6) is 0 Å². The molecule has 7 nitrogen and oxygen atoms in total. The molecule has 1 heterocycles. The Morgan fingerprint density at radius 3 is 2.14 bits per heavy atom. The molecule has 0 spiro atoms. The number of anilines is 1. The fraction of sp³-hybridized carbons (Fsp3) is 0.286. The van der Waals surface area contributed by atoms with Gasteiger partial charge < -0.3 is 20.1 Å². The molecule has 1 aliphatic rings. The van der Waals surface area contributed by atoms with Crippen LogP contribution >= 0.6 is 0 Å². The second-order valence-corrected chi connectivity index (χ2v) is 6.53. The van der Waals surface area contributed by atoms with E-state index in [4.69, 9.17) is 9.84 Å². The minimum Gasteiger partial charge on any atom is -0.478 e.